The molecule has 2 unspecified atom stereocenters. The van der Waals surface area contributed by atoms with Crippen LogP contribution in [0.2, 0.25) is 4.63 Å². The second-order valence-corrected chi connectivity index (χ2v) is 52.5. The molecule has 0 N–H and O–H groups in total. The molecule has 4 aromatic rings. The van der Waals surface area contributed by atoms with Crippen molar-refractivity contribution in [2.24, 2.45) is 0 Å². The molecule has 0 spiro atoms. The molecule has 0 saturated heterocycles. The van der Waals surface area contributed by atoms with E-state index in [0.29, 0.717) is 22.3 Å². The summed E-state index contributed by atoms with van der Waals surface area (Å²) in [5.74, 6) is 0. The van der Waals surface area contributed by atoms with Gasteiger partial charge in [-0.15, -0.1) is 0 Å². The fraction of sp³-hybridized carbons (Fsp3) is 0.121. The van der Waals surface area contributed by atoms with E-state index in [1.807, 2.05) is 72.8 Å². The Labute approximate surface area is 227 Å². The molecule has 2 atom stereocenters. The molecular formula is C33H27Cl2F3Zr. The Morgan fingerprint density at radius 3 is 1.36 bits per heavy atom. The SMILES string of the molecule is [CH2]=[Zr]([CH3])([Cl])([Cl])([CH]1C=Cc2c(-c3ccccc3)cccc21)([CH]1C=Cc2c(-c3ccccc3)cccc21)[C](F)(F)F. The molecule has 0 radical (unpaired) electrons. The maximum absolute atomic E-state index is 16.1. The first-order chi connectivity index (χ1) is 18.2. The summed E-state index contributed by atoms with van der Waals surface area (Å²) in [5.41, 5.74) is 5.78. The van der Waals surface area contributed by atoms with Crippen LogP contribution in [-0.4, -0.2) is 8.10 Å². The molecule has 0 saturated carbocycles. The molecule has 0 nitrogen and oxygen atoms in total. The molecule has 6 rings (SSSR count). The molecule has 4 aromatic carbocycles. The van der Waals surface area contributed by atoms with E-state index in [1.165, 1.54) is 0 Å². The zero-order valence-corrected chi connectivity index (χ0v) is 25.3. The second kappa shape index (κ2) is 7.61. The molecule has 2 aliphatic carbocycles. The van der Waals surface area contributed by atoms with Crippen LogP contribution in [0.4, 0.5) is 13.2 Å². The predicted octanol–water partition coefficient (Wildman–Crippen LogP) is 10.9. The number of fused-ring (bicyclic) bond motifs is 2. The van der Waals surface area contributed by atoms with Crippen LogP contribution in [0, 0.1) is 0 Å². The molecular weight excluding hydrogens is 615 g/mol. The van der Waals surface area contributed by atoms with E-state index in [4.69, 9.17) is 17.0 Å². The topological polar surface area (TPSA) is 0 Å². The average molecular weight is 643 g/mol. The second-order valence-electron chi connectivity index (χ2n) is 12.1. The van der Waals surface area contributed by atoms with Crippen molar-refractivity contribution in [2.75, 3.05) is 0 Å². The quantitative estimate of drug-likeness (QED) is 0.208. The van der Waals surface area contributed by atoms with Gasteiger partial charge in [0.15, 0.2) is 0 Å². The van der Waals surface area contributed by atoms with Gasteiger partial charge < -0.3 is 0 Å². The van der Waals surface area contributed by atoms with Crippen molar-refractivity contribution in [1.29, 1.82) is 0 Å². The predicted molar refractivity (Wildman–Crippen MR) is 158 cm³/mol. The van der Waals surface area contributed by atoms with Crippen molar-refractivity contribution in [1.82, 2.24) is 0 Å². The first kappa shape index (κ1) is 26.7. The third-order valence-corrected chi connectivity index (χ3v) is 35.7. The molecule has 0 aliphatic heterocycles. The summed E-state index contributed by atoms with van der Waals surface area (Å²) in [6.45, 7) is 0. The summed E-state index contributed by atoms with van der Waals surface area (Å²) in [6.07, 6.45) is 6.57. The summed E-state index contributed by atoms with van der Waals surface area (Å²) in [4.78, 5) is 0. The standard InChI is InChI=1S/2C15H11.CF3.CH3.CH2.2ClH.Zr/c2*1-2-6-12(7-3-1)14-10-4-8-13-9-5-11-15(13)14;2-1(3)4;;;;;/h2*1-11H;;1H3;1H2;2*1H;/q;;;;;;;+2/p-2. The minimum atomic E-state index is -8.29. The Balaban J connectivity index is 1.63. The minimum absolute atomic E-state index is 0.458. The van der Waals surface area contributed by atoms with Gasteiger partial charge in [0, 0.05) is 0 Å². The third-order valence-electron chi connectivity index (χ3n) is 9.26. The van der Waals surface area contributed by atoms with Crippen LogP contribution in [0.25, 0.3) is 34.4 Å². The van der Waals surface area contributed by atoms with E-state index in [9.17, 15) is 0 Å². The zero-order chi connectivity index (χ0) is 27.8. The van der Waals surface area contributed by atoms with E-state index in [-0.39, 0.29) is 0 Å². The van der Waals surface area contributed by atoms with Crippen LogP contribution in [0.15, 0.2) is 109 Å². The van der Waals surface area contributed by atoms with Gasteiger partial charge in [-0.1, -0.05) is 0 Å². The first-order valence-electron chi connectivity index (χ1n) is 12.9. The molecule has 0 amide bonds. The van der Waals surface area contributed by atoms with E-state index in [1.54, 1.807) is 48.6 Å². The van der Waals surface area contributed by atoms with E-state index < -0.39 is 24.1 Å². The number of halogens is 5. The summed E-state index contributed by atoms with van der Waals surface area (Å²) in [7, 11) is 14.9. The molecule has 0 aromatic heterocycles. The summed E-state index contributed by atoms with van der Waals surface area (Å²) in [6, 6.07) is 30.0. The Kier molecular flexibility index (Phi) is 5.21. The first-order valence-corrected chi connectivity index (χ1v) is 27.5. The molecule has 0 fully saturated rings. The Morgan fingerprint density at radius 1 is 0.615 bits per heavy atom. The van der Waals surface area contributed by atoms with E-state index in [0.717, 1.165) is 26.9 Å². The fourth-order valence-electron chi connectivity index (χ4n) is 6.74. The van der Waals surface area contributed by atoms with Crippen LogP contribution in [0.5, 0.6) is 0 Å². The zero-order valence-electron chi connectivity index (χ0n) is 21.3. The Morgan fingerprint density at radius 2 is 1.00 bits per heavy atom. The van der Waals surface area contributed by atoms with Gasteiger partial charge >= 0.3 is 229 Å². The van der Waals surface area contributed by atoms with Gasteiger partial charge in [-0.25, -0.2) is 0 Å². The van der Waals surface area contributed by atoms with Gasteiger partial charge in [0.05, 0.1) is 0 Å². The monoisotopic (exact) mass is 640 g/mol. The number of rotatable bonds is 4. The van der Waals surface area contributed by atoms with E-state index >= 15 is 13.2 Å². The molecule has 6 heteroatoms. The Bertz CT molecular complexity index is 1710. The number of allylic oxidation sites excluding steroid dienone is 2. The number of benzene rings is 4. The van der Waals surface area contributed by atoms with Crippen LogP contribution < -0.4 is 0 Å². The van der Waals surface area contributed by atoms with Gasteiger partial charge in [0.2, 0.25) is 0 Å². The van der Waals surface area contributed by atoms with Gasteiger partial charge in [0.25, 0.3) is 0 Å². The van der Waals surface area contributed by atoms with Crippen molar-refractivity contribution in [2.45, 2.75) is 15.8 Å². The van der Waals surface area contributed by atoms with Gasteiger partial charge in [-0.3, -0.25) is 0 Å². The number of alkyl halides is 3. The van der Waals surface area contributed by atoms with Crippen LogP contribution >= 0.6 is 17.0 Å². The average Bonchev–Trinajstić information content (AvgIpc) is 3.55. The Hall–Kier alpha value is -2.52. The molecule has 0 bridgehead atoms. The van der Waals surface area contributed by atoms with Crippen molar-refractivity contribution in [3.63, 3.8) is 0 Å². The molecule has 0 heterocycles. The maximum atomic E-state index is 16.1. The van der Waals surface area contributed by atoms with Crippen molar-refractivity contribution < 1.29 is 26.1 Å². The van der Waals surface area contributed by atoms with Crippen LogP contribution in [0.1, 0.15) is 29.5 Å². The summed E-state index contributed by atoms with van der Waals surface area (Å²) in [5, 5.41) is 0. The van der Waals surface area contributed by atoms with Gasteiger partial charge in [0.1, 0.15) is 0 Å². The molecule has 198 valence electrons. The normalized spacial score (nSPS) is 20.9. The van der Waals surface area contributed by atoms with Crippen LogP contribution in [0.3, 0.4) is 0 Å². The van der Waals surface area contributed by atoms with E-state index in [2.05, 4.69) is 4.21 Å². The van der Waals surface area contributed by atoms with Crippen molar-refractivity contribution in [3.8, 4) is 22.3 Å². The van der Waals surface area contributed by atoms with Crippen LogP contribution in [-0.2, 0) is 12.9 Å². The molecule has 2 aliphatic rings. The molecule has 39 heavy (non-hydrogen) atoms. The fourth-order valence-corrected chi connectivity index (χ4v) is 24.4. The number of hydrogen-bond acceptors (Lipinski definition) is 0. The van der Waals surface area contributed by atoms with Gasteiger partial charge in [-0.2, -0.15) is 0 Å². The van der Waals surface area contributed by atoms with Crippen molar-refractivity contribution in [3.05, 3.63) is 131 Å². The third kappa shape index (κ3) is 3.32. The summed E-state index contributed by atoms with van der Waals surface area (Å²) < 4.78 is 45.7. The number of hydrogen-bond donors (Lipinski definition) is 0. The van der Waals surface area contributed by atoms with Gasteiger partial charge in [-0.05, 0) is 0 Å². The summed E-state index contributed by atoms with van der Waals surface area (Å²) >= 11 is -8.29. The van der Waals surface area contributed by atoms with Crippen molar-refractivity contribution >= 4 is 33.4 Å².